The SMILES string of the molecule is COc1ccc(-c2csc(CCN3CCCC3=O)n2)cc1Br. The zero-order valence-electron chi connectivity index (χ0n) is 12.3. The van der Waals surface area contributed by atoms with Gasteiger partial charge in [0.1, 0.15) is 5.75 Å². The van der Waals surface area contributed by atoms with E-state index in [9.17, 15) is 4.79 Å². The van der Waals surface area contributed by atoms with Crippen molar-refractivity contribution in [2.45, 2.75) is 19.3 Å². The lowest BCUT2D eigenvalue weighted by molar-refractivity contribution is -0.127. The van der Waals surface area contributed by atoms with E-state index < -0.39 is 0 Å². The van der Waals surface area contributed by atoms with Gasteiger partial charge in [0.05, 0.1) is 22.3 Å². The van der Waals surface area contributed by atoms with E-state index in [1.165, 1.54) is 0 Å². The summed E-state index contributed by atoms with van der Waals surface area (Å²) < 4.78 is 6.17. The largest absolute Gasteiger partial charge is 0.496 e. The van der Waals surface area contributed by atoms with Crippen LogP contribution in [0.1, 0.15) is 17.8 Å². The first-order chi connectivity index (χ1) is 10.7. The highest BCUT2D eigenvalue weighted by atomic mass is 79.9. The summed E-state index contributed by atoms with van der Waals surface area (Å²) in [6, 6.07) is 5.95. The van der Waals surface area contributed by atoms with Gasteiger partial charge in [-0.3, -0.25) is 4.79 Å². The lowest BCUT2D eigenvalue weighted by Gasteiger charge is -2.13. The molecule has 1 aliphatic heterocycles. The Morgan fingerprint density at radius 3 is 3.00 bits per heavy atom. The molecule has 1 fully saturated rings. The van der Waals surface area contributed by atoms with Crippen LogP contribution in [0.3, 0.4) is 0 Å². The number of benzene rings is 1. The van der Waals surface area contributed by atoms with Crippen LogP contribution >= 0.6 is 27.3 Å². The number of carbonyl (C=O) groups is 1. The summed E-state index contributed by atoms with van der Waals surface area (Å²) in [6.07, 6.45) is 2.51. The van der Waals surface area contributed by atoms with Gasteiger partial charge in [-0.25, -0.2) is 4.98 Å². The Kier molecular flexibility index (Phi) is 4.78. The number of hydrogen-bond donors (Lipinski definition) is 0. The minimum atomic E-state index is 0.274. The molecule has 116 valence electrons. The zero-order chi connectivity index (χ0) is 15.5. The van der Waals surface area contributed by atoms with E-state index in [0.717, 1.165) is 52.4 Å². The van der Waals surface area contributed by atoms with Crippen molar-refractivity contribution < 1.29 is 9.53 Å². The van der Waals surface area contributed by atoms with Crippen molar-refractivity contribution in [1.29, 1.82) is 0 Å². The number of halogens is 1. The van der Waals surface area contributed by atoms with Crippen LogP contribution in [0, 0.1) is 0 Å². The van der Waals surface area contributed by atoms with Crippen molar-refractivity contribution in [2.24, 2.45) is 0 Å². The lowest BCUT2D eigenvalue weighted by Crippen LogP contribution is -2.26. The summed E-state index contributed by atoms with van der Waals surface area (Å²) in [7, 11) is 1.65. The quantitative estimate of drug-likeness (QED) is 0.792. The molecular formula is C16H17BrN2O2S. The molecule has 0 N–H and O–H groups in total. The number of likely N-dealkylation sites (tertiary alicyclic amines) is 1. The monoisotopic (exact) mass is 380 g/mol. The first kappa shape index (κ1) is 15.5. The van der Waals surface area contributed by atoms with E-state index in [1.54, 1.807) is 18.4 Å². The normalized spacial score (nSPS) is 14.6. The van der Waals surface area contributed by atoms with Gasteiger partial charge in [0.25, 0.3) is 0 Å². The minimum absolute atomic E-state index is 0.274. The van der Waals surface area contributed by atoms with Gasteiger partial charge in [0.15, 0.2) is 0 Å². The fraction of sp³-hybridized carbons (Fsp3) is 0.375. The number of amides is 1. The minimum Gasteiger partial charge on any atom is -0.496 e. The van der Waals surface area contributed by atoms with Crippen LogP contribution in [-0.2, 0) is 11.2 Å². The molecule has 3 rings (SSSR count). The predicted molar refractivity (Wildman–Crippen MR) is 91.3 cm³/mol. The van der Waals surface area contributed by atoms with E-state index in [1.807, 2.05) is 23.1 Å². The number of nitrogens with zero attached hydrogens (tertiary/aromatic N) is 2. The average Bonchev–Trinajstić information content (AvgIpc) is 3.14. The van der Waals surface area contributed by atoms with Gasteiger partial charge in [0.2, 0.25) is 5.91 Å². The summed E-state index contributed by atoms with van der Waals surface area (Å²) in [4.78, 5) is 18.2. The van der Waals surface area contributed by atoms with Crippen molar-refractivity contribution in [1.82, 2.24) is 9.88 Å². The van der Waals surface area contributed by atoms with E-state index in [-0.39, 0.29) is 5.91 Å². The van der Waals surface area contributed by atoms with Crippen LogP contribution in [0.4, 0.5) is 0 Å². The van der Waals surface area contributed by atoms with Gasteiger partial charge in [-0.05, 0) is 40.5 Å². The topological polar surface area (TPSA) is 42.4 Å². The first-order valence-electron chi connectivity index (χ1n) is 7.23. The molecule has 0 unspecified atom stereocenters. The second-order valence-corrected chi connectivity index (χ2v) is 7.01. The Morgan fingerprint density at radius 2 is 2.32 bits per heavy atom. The lowest BCUT2D eigenvalue weighted by atomic mass is 10.2. The molecule has 4 nitrogen and oxygen atoms in total. The molecule has 1 aromatic carbocycles. The third kappa shape index (κ3) is 3.33. The highest BCUT2D eigenvalue weighted by molar-refractivity contribution is 9.10. The fourth-order valence-electron chi connectivity index (χ4n) is 2.56. The molecule has 2 heterocycles. The number of ether oxygens (including phenoxy) is 1. The molecule has 2 aromatic rings. The van der Waals surface area contributed by atoms with E-state index in [2.05, 4.69) is 26.3 Å². The second-order valence-electron chi connectivity index (χ2n) is 5.21. The standard InChI is InChI=1S/C16H17BrN2O2S/c1-21-14-5-4-11(9-12(14)17)13-10-22-15(18-13)6-8-19-7-2-3-16(19)20/h4-5,9-10H,2-3,6-8H2,1H3. The molecule has 1 aliphatic rings. The van der Waals surface area contributed by atoms with E-state index >= 15 is 0 Å². The summed E-state index contributed by atoms with van der Waals surface area (Å²) >= 11 is 5.15. The predicted octanol–water partition coefficient (Wildman–Crippen LogP) is 3.75. The van der Waals surface area contributed by atoms with E-state index in [4.69, 9.17) is 4.74 Å². The molecule has 0 atom stereocenters. The highest BCUT2D eigenvalue weighted by Gasteiger charge is 2.19. The summed E-state index contributed by atoms with van der Waals surface area (Å²) in [5.74, 6) is 1.09. The number of carbonyl (C=O) groups excluding carboxylic acids is 1. The zero-order valence-corrected chi connectivity index (χ0v) is 14.7. The molecular weight excluding hydrogens is 364 g/mol. The average molecular weight is 381 g/mol. The van der Waals surface area contributed by atoms with Crippen LogP contribution in [0.25, 0.3) is 11.3 Å². The van der Waals surface area contributed by atoms with Crippen molar-refractivity contribution in [3.63, 3.8) is 0 Å². The third-order valence-electron chi connectivity index (χ3n) is 3.77. The molecule has 1 aromatic heterocycles. The molecule has 6 heteroatoms. The van der Waals surface area contributed by atoms with Crippen molar-refractivity contribution >= 4 is 33.2 Å². The first-order valence-corrected chi connectivity index (χ1v) is 8.91. The number of thiazole rings is 1. The Morgan fingerprint density at radius 1 is 1.45 bits per heavy atom. The fourth-order valence-corrected chi connectivity index (χ4v) is 3.89. The van der Waals surface area contributed by atoms with Crippen LogP contribution in [0.15, 0.2) is 28.1 Å². The molecule has 0 bridgehead atoms. The number of methoxy groups -OCH3 is 1. The summed E-state index contributed by atoms with van der Waals surface area (Å²) in [5, 5.41) is 3.14. The molecule has 1 saturated heterocycles. The molecule has 0 saturated carbocycles. The molecule has 0 spiro atoms. The Labute approximate surface area is 142 Å². The Balaban J connectivity index is 1.68. The molecule has 0 aliphatic carbocycles. The maximum Gasteiger partial charge on any atom is 0.222 e. The van der Waals surface area contributed by atoms with Gasteiger partial charge >= 0.3 is 0 Å². The number of aromatic nitrogens is 1. The molecule has 0 radical (unpaired) electrons. The Hall–Kier alpha value is -1.40. The molecule has 22 heavy (non-hydrogen) atoms. The van der Waals surface area contributed by atoms with Gasteiger partial charge < -0.3 is 9.64 Å². The van der Waals surface area contributed by atoms with Gasteiger partial charge in [0, 0.05) is 36.9 Å². The maximum absolute atomic E-state index is 11.6. The van der Waals surface area contributed by atoms with Crippen LogP contribution < -0.4 is 4.74 Å². The van der Waals surface area contributed by atoms with Crippen molar-refractivity contribution in [3.05, 3.63) is 33.1 Å². The van der Waals surface area contributed by atoms with Gasteiger partial charge in [-0.2, -0.15) is 0 Å². The maximum atomic E-state index is 11.6. The van der Waals surface area contributed by atoms with Crippen LogP contribution in [0.5, 0.6) is 5.75 Å². The smallest absolute Gasteiger partial charge is 0.222 e. The number of hydrogen-bond acceptors (Lipinski definition) is 4. The van der Waals surface area contributed by atoms with Gasteiger partial charge in [-0.1, -0.05) is 0 Å². The molecule has 1 amide bonds. The third-order valence-corrected chi connectivity index (χ3v) is 5.29. The van der Waals surface area contributed by atoms with E-state index in [0.29, 0.717) is 6.42 Å². The summed E-state index contributed by atoms with van der Waals surface area (Å²) in [5.41, 5.74) is 2.03. The van der Waals surface area contributed by atoms with Crippen molar-refractivity contribution in [2.75, 3.05) is 20.2 Å². The summed E-state index contributed by atoms with van der Waals surface area (Å²) in [6.45, 7) is 1.67. The highest BCUT2D eigenvalue weighted by Crippen LogP contribution is 2.31. The van der Waals surface area contributed by atoms with Crippen LogP contribution in [0.2, 0.25) is 0 Å². The Bertz CT molecular complexity index is 687. The second kappa shape index (κ2) is 6.79. The van der Waals surface area contributed by atoms with Gasteiger partial charge in [-0.15, -0.1) is 11.3 Å². The van der Waals surface area contributed by atoms with Crippen molar-refractivity contribution in [3.8, 4) is 17.0 Å². The van der Waals surface area contributed by atoms with Crippen LogP contribution in [-0.4, -0.2) is 36.0 Å². The number of rotatable bonds is 5.